The molecule has 1 atom stereocenters. The zero-order valence-corrected chi connectivity index (χ0v) is 17.3. The van der Waals surface area contributed by atoms with Crippen LogP contribution in [0.2, 0.25) is 5.02 Å². The average molecular weight is 431 g/mol. The van der Waals surface area contributed by atoms with Crippen molar-refractivity contribution in [3.8, 4) is 11.5 Å². The molecule has 2 rings (SSSR count). The monoisotopic (exact) mass is 430 g/mol. The molecule has 0 saturated heterocycles. The number of amides is 1. The second kappa shape index (κ2) is 8.66. The molecule has 0 radical (unpaired) electrons. The van der Waals surface area contributed by atoms with Gasteiger partial charge in [-0.3, -0.25) is 9.10 Å². The largest absolute Gasteiger partial charge is 0.495 e. The summed E-state index contributed by atoms with van der Waals surface area (Å²) in [5.74, 6) is -0.562. The molecule has 0 aliphatic carbocycles. The third-order valence-corrected chi connectivity index (χ3v) is 5.44. The first-order valence-electron chi connectivity index (χ1n) is 8.05. The van der Waals surface area contributed by atoms with Gasteiger partial charge >= 0.3 is 0 Å². The van der Waals surface area contributed by atoms with Crippen LogP contribution in [0.4, 0.5) is 15.8 Å². The standard InChI is InChI=1S/C18H20ClFN2O5S/c1-11(22(28(4,24)25)13-7-5-12(20)6-8-13)18(23)21-15-10-16(26-2)14(19)9-17(15)27-3/h5-11H,1-4H3,(H,21,23)/t11-/m1/s1. The van der Waals surface area contributed by atoms with Crippen molar-refractivity contribution in [2.24, 2.45) is 0 Å². The molecule has 1 amide bonds. The van der Waals surface area contributed by atoms with Crippen molar-refractivity contribution in [3.05, 3.63) is 47.2 Å². The van der Waals surface area contributed by atoms with Gasteiger partial charge in [-0.15, -0.1) is 0 Å². The Morgan fingerprint density at radius 2 is 1.71 bits per heavy atom. The van der Waals surface area contributed by atoms with E-state index in [9.17, 15) is 17.6 Å². The van der Waals surface area contributed by atoms with E-state index < -0.39 is 27.8 Å². The van der Waals surface area contributed by atoms with Crippen LogP contribution in [0.3, 0.4) is 0 Å². The number of anilines is 2. The predicted molar refractivity (Wildman–Crippen MR) is 106 cm³/mol. The maximum atomic E-state index is 13.2. The smallest absolute Gasteiger partial charge is 0.248 e. The van der Waals surface area contributed by atoms with Crippen molar-refractivity contribution in [1.82, 2.24) is 0 Å². The van der Waals surface area contributed by atoms with Crippen molar-refractivity contribution in [2.75, 3.05) is 30.1 Å². The van der Waals surface area contributed by atoms with E-state index in [-0.39, 0.29) is 22.1 Å². The minimum absolute atomic E-state index is 0.159. The molecule has 2 aromatic carbocycles. The molecule has 0 unspecified atom stereocenters. The number of hydrogen-bond donors (Lipinski definition) is 1. The van der Waals surface area contributed by atoms with Gasteiger partial charge in [0.15, 0.2) is 0 Å². The number of halogens is 2. The lowest BCUT2D eigenvalue weighted by atomic mass is 10.2. The molecule has 0 bridgehead atoms. The van der Waals surface area contributed by atoms with Crippen LogP contribution in [0.1, 0.15) is 6.92 Å². The number of carbonyl (C=O) groups is 1. The number of hydrogen-bond acceptors (Lipinski definition) is 5. The van der Waals surface area contributed by atoms with Crippen LogP contribution in [0.25, 0.3) is 0 Å². The van der Waals surface area contributed by atoms with E-state index in [1.807, 2.05) is 0 Å². The Hall–Kier alpha value is -2.52. The third-order valence-electron chi connectivity index (χ3n) is 3.90. The van der Waals surface area contributed by atoms with Crippen molar-refractivity contribution < 1.29 is 27.1 Å². The van der Waals surface area contributed by atoms with E-state index in [0.717, 1.165) is 22.7 Å². The minimum Gasteiger partial charge on any atom is -0.495 e. The molecule has 0 heterocycles. The van der Waals surface area contributed by atoms with Gasteiger partial charge in [-0.2, -0.15) is 0 Å². The van der Waals surface area contributed by atoms with E-state index in [4.69, 9.17) is 21.1 Å². The number of rotatable bonds is 7. The van der Waals surface area contributed by atoms with Gasteiger partial charge in [0, 0.05) is 12.1 Å². The molecule has 0 spiro atoms. The molecule has 0 fully saturated rings. The molecule has 2 aromatic rings. The van der Waals surface area contributed by atoms with Crippen LogP contribution in [-0.2, 0) is 14.8 Å². The number of methoxy groups -OCH3 is 2. The molecule has 28 heavy (non-hydrogen) atoms. The van der Waals surface area contributed by atoms with Crippen LogP contribution in [-0.4, -0.2) is 40.8 Å². The Balaban J connectivity index is 2.37. The van der Waals surface area contributed by atoms with Crippen molar-refractivity contribution >= 4 is 38.9 Å². The Bertz CT molecular complexity index is 967. The molecule has 7 nitrogen and oxygen atoms in total. The van der Waals surface area contributed by atoms with Gasteiger partial charge in [0.25, 0.3) is 0 Å². The molecule has 10 heteroatoms. The van der Waals surface area contributed by atoms with Gasteiger partial charge in [-0.25, -0.2) is 12.8 Å². The van der Waals surface area contributed by atoms with E-state index in [1.54, 1.807) is 0 Å². The van der Waals surface area contributed by atoms with Crippen molar-refractivity contribution in [3.63, 3.8) is 0 Å². The first kappa shape index (κ1) is 21.8. The molecule has 0 aromatic heterocycles. The highest BCUT2D eigenvalue weighted by molar-refractivity contribution is 7.92. The Morgan fingerprint density at radius 1 is 1.14 bits per heavy atom. The molecule has 0 aliphatic rings. The highest BCUT2D eigenvalue weighted by Gasteiger charge is 2.30. The van der Waals surface area contributed by atoms with Gasteiger partial charge in [0.1, 0.15) is 23.4 Å². The summed E-state index contributed by atoms with van der Waals surface area (Å²) < 4.78 is 49.0. The Labute approximate surface area is 168 Å². The second-order valence-corrected chi connectivity index (χ2v) is 8.15. The van der Waals surface area contributed by atoms with Crippen LogP contribution in [0.5, 0.6) is 11.5 Å². The fourth-order valence-electron chi connectivity index (χ4n) is 2.59. The van der Waals surface area contributed by atoms with Crippen LogP contribution in [0, 0.1) is 5.82 Å². The summed E-state index contributed by atoms with van der Waals surface area (Å²) in [5.41, 5.74) is 0.417. The summed E-state index contributed by atoms with van der Waals surface area (Å²) in [4.78, 5) is 12.8. The van der Waals surface area contributed by atoms with E-state index >= 15 is 0 Å². The van der Waals surface area contributed by atoms with E-state index in [0.29, 0.717) is 5.75 Å². The second-order valence-electron chi connectivity index (χ2n) is 5.89. The maximum absolute atomic E-state index is 13.2. The molecule has 152 valence electrons. The average Bonchev–Trinajstić information content (AvgIpc) is 2.63. The summed E-state index contributed by atoms with van der Waals surface area (Å²) in [6, 6.07) is 6.60. The lowest BCUT2D eigenvalue weighted by molar-refractivity contribution is -0.116. The summed E-state index contributed by atoms with van der Waals surface area (Å²) in [5, 5.41) is 2.90. The normalized spacial score (nSPS) is 12.2. The zero-order valence-electron chi connectivity index (χ0n) is 15.7. The summed E-state index contributed by atoms with van der Waals surface area (Å²) in [6.07, 6.45) is 0.964. The lowest BCUT2D eigenvalue weighted by Crippen LogP contribution is -2.45. The molecular formula is C18H20ClFN2O5S. The highest BCUT2D eigenvalue weighted by atomic mass is 35.5. The maximum Gasteiger partial charge on any atom is 0.248 e. The van der Waals surface area contributed by atoms with Gasteiger partial charge in [-0.1, -0.05) is 11.6 Å². The van der Waals surface area contributed by atoms with Crippen molar-refractivity contribution in [1.29, 1.82) is 0 Å². The van der Waals surface area contributed by atoms with E-state index in [2.05, 4.69) is 5.32 Å². The number of ether oxygens (including phenoxy) is 2. The van der Waals surface area contributed by atoms with Gasteiger partial charge in [-0.05, 0) is 31.2 Å². The number of benzene rings is 2. The molecule has 0 saturated carbocycles. The molecule has 1 N–H and O–H groups in total. The number of sulfonamides is 1. The number of carbonyl (C=O) groups excluding carboxylic acids is 1. The Kier molecular flexibility index (Phi) is 6.73. The Morgan fingerprint density at radius 3 is 2.21 bits per heavy atom. The van der Waals surface area contributed by atoms with Crippen LogP contribution < -0.4 is 19.1 Å². The predicted octanol–water partition coefficient (Wildman–Crippen LogP) is 3.29. The van der Waals surface area contributed by atoms with E-state index in [1.165, 1.54) is 45.4 Å². The SMILES string of the molecule is COc1cc(NC(=O)[C@@H](C)N(c2ccc(F)cc2)S(C)(=O)=O)c(OC)cc1Cl. The number of nitrogens with zero attached hydrogens (tertiary/aromatic N) is 1. The van der Waals surface area contributed by atoms with Crippen LogP contribution >= 0.6 is 11.6 Å². The lowest BCUT2D eigenvalue weighted by Gasteiger charge is -2.28. The third kappa shape index (κ3) is 4.85. The van der Waals surface area contributed by atoms with Crippen LogP contribution in [0.15, 0.2) is 36.4 Å². The van der Waals surface area contributed by atoms with Gasteiger partial charge in [0.05, 0.1) is 36.9 Å². The van der Waals surface area contributed by atoms with Gasteiger partial charge in [0.2, 0.25) is 15.9 Å². The first-order valence-corrected chi connectivity index (χ1v) is 10.3. The quantitative estimate of drug-likeness (QED) is 0.728. The summed E-state index contributed by atoms with van der Waals surface area (Å²) in [6.45, 7) is 1.42. The fourth-order valence-corrected chi connectivity index (χ4v) is 4.00. The topological polar surface area (TPSA) is 84.9 Å². The van der Waals surface area contributed by atoms with Crippen molar-refractivity contribution in [2.45, 2.75) is 13.0 Å². The number of nitrogens with one attached hydrogen (secondary N) is 1. The summed E-state index contributed by atoms with van der Waals surface area (Å²) in [7, 11) is -1.01. The first-order chi connectivity index (χ1) is 13.1. The van der Waals surface area contributed by atoms with Gasteiger partial charge < -0.3 is 14.8 Å². The zero-order chi connectivity index (χ0) is 21.1. The summed E-state index contributed by atoms with van der Waals surface area (Å²) >= 11 is 6.05. The molecule has 0 aliphatic heterocycles. The minimum atomic E-state index is -3.83. The highest BCUT2D eigenvalue weighted by Crippen LogP contribution is 2.36. The fraction of sp³-hybridized carbons (Fsp3) is 0.278. The molecular weight excluding hydrogens is 411 g/mol.